The summed E-state index contributed by atoms with van der Waals surface area (Å²) in [5, 5.41) is 11.0. The van der Waals surface area contributed by atoms with E-state index in [1.54, 1.807) is 11.0 Å². The smallest absolute Gasteiger partial charge is 0.266 e. The SMILES string of the molecule is Nc1ccsc1C(=O)N(CCO)C1CCCCC1. The second-order valence-corrected chi connectivity index (χ2v) is 5.64. The molecule has 1 amide bonds. The van der Waals surface area contributed by atoms with Gasteiger partial charge in [-0.1, -0.05) is 19.3 Å². The molecule has 1 aromatic rings. The lowest BCUT2D eigenvalue weighted by molar-refractivity contribution is 0.0591. The maximum Gasteiger partial charge on any atom is 0.266 e. The lowest BCUT2D eigenvalue weighted by Gasteiger charge is -2.33. The Bertz CT molecular complexity index is 399. The number of carbonyl (C=O) groups excluding carboxylic acids is 1. The maximum atomic E-state index is 12.5. The molecule has 1 saturated carbocycles. The Labute approximate surface area is 111 Å². The van der Waals surface area contributed by atoms with Crippen LogP contribution in [-0.4, -0.2) is 35.1 Å². The molecule has 0 bridgehead atoms. The highest BCUT2D eigenvalue weighted by atomic mass is 32.1. The van der Waals surface area contributed by atoms with E-state index >= 15 is 0 Å². The van der Waals surface area contributed by atoms with E-state index in [2.05, 4.69) is 0 Å². The van der Waals surface area contributed by atoms with Gasteiger partial charge >= 0.3 is 0 Å². The van der Waals surface area contributed by atoms with Crippen molar-refractivity contribution in [2.45, 2.75) is 38.1 Å². The van der Waals surface area contributed by atoms with E-state index < -0.39 is 0 Å². The van der Waals surface area contributed by atoms with E-state index in [1.807, 2.05) is 5.38 Å². The van der Waals surface area contributed by atoms with Crippen molar-refractivity contribution in [2.75, 3.05) is 18.9 Å². The number of hydrogen-bond acceptors (Lipinski definition) is 4. The minimum atomic E-state index is -0.0246. The summed E-state index contributed by atoms with van der Waals surface area (Å²) in [5.41, 5.74) is 6.35. The summed E-state index contributed by atoms with van der Waals surface area (Å²) >= 11 is 1.38. The molecule has 1 aromatic heterocycles. The van der Waals surface area contributed by atoms with Crippen LogP contribution < -0.4 is 5.73 Å². The average Bonchev–Trinajstić information content (AvgIpc) is 2.82. The lowest BCUT2D eigenvalue weighted by Crippen LogP contribution is -2.43. The first kappa shape index (κ1) is 13.4. The molecule has 0 spiro atoms. The predicted octanol–water partition coefficient (Wildman–Crippen LogP) is 2.10. The topological polar surface area (TPSA) is 66.6 Å². The third-order valence-electron chi connectivity index (χ3n) is 3.51. The van der Waals surface area contributed by atoms with Gasteiger partial charge in [-0.3, -0.25) is 4.79 Å². The van der Waals surface area contributed by atoms with Crippen LogP contribution in [0.25, 0.3) is 0 Å². The Hall–Kier alpha value is -1.07. The Kier molecular flexibility index (Phi) is 4.60. The maximum absolute atomic E-state index is 12.5. The molecular formula is C13H20N2O2S. The third-order valence-corrected chi connectivity index (χ3v) is 4.43. The van der Waals surface area contributed by atoms with Crippen LogP contribution in [0, 0.1) is 0 Å². The van der Waals surface area contributed by atoms with Crippen molar-refractivity contribution in [1.29, 1.82) is 0 Å². The number of nitrogen functional groups attached to an aromatic ring is 1. The van der Waals surface area contributed by atoms with Crippen molar-refractivity contribution in [2.24, 2.45) is 0 Å². The molecule has 4 nitrogen and oxygen atoms in total. The fraction of sp³-hybridized carbons (Fsp3) is 0.615. The molecule has 1 aliphatic rings. The number of nitrogens with zero attached hydrogens (tertiary/aromatic N) is 1. The van der Waals surface area contributed by atoms with Crippen LogP contribution in [0.1, 0.15) is 41.8 Å². The first-order valence-corrected chi connectivity index (χ1v) is 7.37. The molecule has 3 N–H and O–H groups in total. The van der Waals surface area contributed by atoms with E-state index in [9.17, 15) is 4.79 Å². The van der Waals surface area contributed by atoms with E-state index in [0.29, 0.717) is 17.1 Å². The Morgan fingerprint density at radius 1 is 1.44 bits per heavy atom. The Morgan fingerprint density at radius 2 is 2.17 bits per heavy atom. The van der Waals surface area contributed by atoms with Crippen molar-refractivity contribution in [1.82, 2.24) is 4.90 Å². The van der Waals surface area contributed by atoms with Gasteiger partial charge in [0.2, 0.25) is 0 Å². The van der Waals surface area contributed by atoms with E-state index in [-0.39, 0.29) is 18.6 Å². The standard InChI is InChI=1S/C13H20N2O2S/c14-11-6-9-18-12(11)13(17)15(7-8-16)10-4-2-1-3-5-10/h6,9-10,16H,1-5,7-8,14H2. The quantitative estimate of drug-likeness (QED) is 0.878. The third kappa shape index (κ3) is 2.84. The molecule has 0 aliphatic heterocycles. The van der Waals surface area contributed by atoms with E-state index in [4.69, 9.17) is 10.8 Å². The molecule has 0 aromatic carbocycles. The van der Waals surface area contributed by atoms with E-state index in [1.165, 1.54) is 30.6 Å². The zero-order valence-corrected chi connectivity index (χ0v) is 11.3. The number of rotatable bonds is 4. The number of nitrogens with two attached hydrogens (primary N) is 1. The molecule has 100 valence electrons. The minimum Gasteiger partial charge on any atom is -0.397 e. The normalized spacial score (nSPS) is 16.7. The van der Waals surface area contributed by atoms with Crippen molar-refractivity contribution in [3.05, 3.63) is 16.3 Å². The summed E-state index contributed by atoms with van der Waals surface area (Å²) in [6.07, 6.45) is 5.66. The van der Waals surface area contributed by atoms with Gasteiger partial charge < -0.3 is 15.7 Å². The molecule has 0 unspecified atom stereocenters. The summed E-state index contributed by atoms with van der Waals surface area (Å²) < 4.78 is 0. The first-order valence-electron chi connectivity index (χ1n) is 6.49. The van der Waals surface area contributed by atoms with Crippen LogP contribution in [0.2, 0.25) is 0 Å². The second-order valence-electron chi connectivity index (χ2n) is 4.72. The van der Waals surface area contributed by atoms with Gasteiger partial charge in [0.1, 0.15) is 4.88 Å². The molecule has 0 saturated heterocycles. The average molecular weight is 268 g/mol. The van der Waals surface area contributed by atoms with Crippen LogP contribution in [0.4, 0.5) is 5.69 Å². The number of amides is 1. The lowest BCUT2D eigenvalue weighted by atomic mass is 9.94. The summed E-state index contributed by atoms with van der Waals surface area (Å²) in [7, 11) is 0. The van der Waals surface area contributed by atoms with Crippen molar-refractivity contribution in [3.63, 3.8) is 0 Å². The first-order chi connectivity index (χ1) is 8.74. The monoisotopic (exact) mass is 268 g/mol. The van der Waals surface area contributed by atoms with Crippen LogP contribution in [0.3, 0.4) is 0 Å². The van der Waals surface area contributed by atoms with Crippen LogP contribution in [0.15, 0.2) is 11.4 Å². The zero-order chi connectivity index (χ0) is 13.0. The highest BCUT2D eigenvalue weighted by Gasteiger charge is 2.27. The second kappa shape index (κ2) is 6.20. The highest BCUT2D eigenvalue weighted by Crippen LogP contribution is 2.27. The van der Waals surface area contributed by atoms with Gasteiger partial charge in [0, 0.05) is 12.6 Å². The minimum absolute atomic E-state index is 0.00746. The molecule has 0 radical (unpaired) electrons. The van der Waals surface area contributed by atoms with Crippen LogP contribution in [-0.2, 0) is 0 Å². The number of aliphatic hydroxyl groups excluding tert-OH is 1. The number of hydrogen-bond donors (Lipinski definition) is 2. The van der Waals surface area contributed by atoms with Gasteiger partial charge in [-0.2, -0.15) is 0 Å². The Balaban J connectivity index is 2.13. The molecule has 5 heteroatoms. The zero-order valence-electron chi connectivity index (χ0n) is 10.5. The van der Waals surface area contributed by atoms with Crippen LogP contribution in [0.5, 0.6) is 0 Å². The number of carbonyl (C=O) groups is 1. The summed E-state index contributed by atoms with van der Waals surface area (Å²) in [6, 6.07) is 2.02. The molecular weight excluding hydrogens is 248 g/mol. The molecule has 1 aliphatic carbocycles. The molecule has 1 fully saturated rings. The van der Waals surface area contributed by atoms with Gasteiger partial charge in [-0.05, 0) is 24.3 Å². The predicted molar refractivity (Wildman–Crippen MR) is 73.7 cm³/mol. The molecule has 18 heavy (non-hydrogen) atoms. The summed E-state index contributed by atoms with van der Waals surface area (Å²) in [6.45, 7) is 0.411. The van der Waals surface area contributed by atoms with Gasteiger partial charge in [0.15, 0.2) is 0 Å². The summed E-state index contributed by atoms with van der Waals surface area (Å²) in [5.74, 6) is -0.0246. The fourth-order valence-corrected chi connectivity index (χ4v) is 3.35. The molecule has 0 atom stereocenters. The molecule has 1 heterocycles. The van der Waals surface area contributed by atoms with Crippen molar-refractivity contribution in [3.8, 4) is 0 Å². The largest absolute Gasteiger partial charge is 0.397 e. The Morgan fingerprint density at radius 3 is 2.72 bits per heavy atom. The van der Waals surface area contributed by atoms with Gasteiger partial charge in [0.05, 0.1) is 12.3 Å². The highest BCUT2D eigenvalue weighted by molar-refractivity contribution is 7.12. The summed E-state index contributed by atoms with van der Waals surface area (Å²) in [4.78, 5) is 14.9. The number of aliphatic hydroxyl groups is 1. The van der Waals surface area contributed by atoms with E-state index in [0.717, 1.165) is 12.8 Å². The number of anilines is 1. The van der Waals surface area contributed by atoms with Crippen molar-refractivity contribution >= 4 is 22.9 Å². The van der Waals surface area contributed by atoms with Gasteiger partial charge in [0.25, 0.3) is 5.91 Å². The fourth-order valence-electron chi connectivity index (χ4n) is 2.57. The van der Waals surface area contributed by atoms with Crippen LogP contribution >= 0.6 is 11.3 Å². The number of thiophene rings is 1. The van der Waals surface area contributed by atoms with Crippen molar-refractivity contribution < 1.29 is 9.90 Å². The van der Waals surface area contributed by atoms with Gasteiger partial charge in [-0.25, -0.2) is 0 Å². The molecule has 2 rings (SSSR count). The van der Waals surface area contributed by atoms with Gasteiger partial charge in [-0.15, -0.1) is 11.3 Å².